The molecule has 1 unspecified atom stereocenters. The average molecular weight is 390 g/mol. The van der Waals surface area contributed by atoms with Gasteiger partial charge in [0.25, 0.3) is 5.91 Å². The summed E-state index contributed by atoms with van der Waals surface area (Å²) in [7, 11) is 0. The highest BCUT2D eigenvalue weighted by Crippen LogP contribution is 2.23. The van der Waals surface area contributed by atoms with Crippen molar-refractivity contribution in [3.63, 3.8) is 0 Å². The van der Waals surface area contributed by atoms with Gasteiger partial charge in [-0.2, -0.15) is 13.2 Å². The monoisotopic (exact) mass is 390 g/mol. The van der Waals surface area contributed by atoms with Gasteiger partial charge in [0.15, 0.2) is 0 Å². The summed E-state index contributed by atoms with van der Waals surface area (Å²) in [5, 5.41) is 3.11. The molecule has 7 heteroatoms. The van der Waals surface area contributed by atoms with Gasteiger partial charge >= 0.3 is 6.18 Å². The van der Waals surface area contributed by atoms with E-state index < -0.39 is 30.4 Å². The first-order chi connectivity index (χ1) is 13.3. The summed E-state index contributed by atoms with van der Waals surface area (Å²) in [4.78, 5) is 16.5. The van der Waals surface area contributed by atoms with Crippen molar-refractivity contribution < 1.29 is 22.4 Å². The molecule has 0 aliphatic heterocycles. The number of aromatic nitrogens is 1. The average Bonchev–Trinajstić information content (AvgIpc) is 2.66. The summed E-state index contributed by atoms with van der Waals surface area (Å²) in [6.45, 7) is 0. The first kappa shape index (κ1) is 19.8. The molecule has 0 radical (unpaired) electrons. The Bertz CT molecular complexity index is 958. The van der Waals surface area contributed by atoms with Crippen LogP contribution in [0.1, 0.15) is 28.8 Å². The Balaban J connectivity index is 1.77. The number of nitrogens with zero attached hydrogens (tertiary/aromatic N) is 1. The predicted octanol–water partition coefficient (Wildman–Crippen LogP) is 5.06. The van der Waals surface area contributed by atoms with Gasteiger partial charge < -0.3 is 5.32 Å². The maximum atomic E-state index is 13.7. The Morgan fingerprint density at radius 3 is 2.54 bits per heavy atom. The number of nitrogens with one attached hydrogen (secondary N) is 1. The van der Waals surface area contributed by atoms with E-state index in [1.54, 1.807) is 30.3 Å². The molecular weight excluding hydrogens is 372 g/mol. The second-order valence-electron chi connectivity index (χ2n) is 6.55. The molecule has 3 nitrogen and oxygen atoms in total. The fourth-order valence-corrected chi connectivity index (χ4v) is 2.98. The van der Waals surface area contributed by atoms with Crippen LogP contribution in [0.15, 0.2) is 60.8 Å². The minimum atomic E-state index is -4.30. The lowest BCUT2D eigenvalue weighted by Crippen LogP contribution is -2.37. The number of alkyl halides is 3. The molecule has 0 spiro atoms. The highest BCUT2D eigenvalue weighted by atomic mass is 19.4. The number of pyridine rings is 1. The molecule has 0 fully saturated rings. The van der Waals surface area contributed by atoms with Crippen LogP contribution in [-0.4, -0.2) is 23.1 Å². The highest BCUT2D eigenvalue weighted by molar-refractivity contribution is 5.97. The number of carbonyl (C=O) groups excluding carboxylic acids is 1. The summed E-state index contributed by atoms with van der Waals surface area (Å²) in [5.74, 6) is -1.04. The van der Waals surface area contributed by atoms with Crippen molar-refractivity contribution in [2.75, 3.05) is 0 Å². The van der Waals surface area contributed by atoms with E-state index >= 15 is 0 Å². The van der Waals surface area contributed by atoms with E-state index in [4.69, 9.17) is 0 Å². The number of para-hydroxylation sites is 1. The summed E-state index contributed by atoms with van der Waals surface area (Å²) in [6, 6.07) is 14.2. The van der Waals surface area contributed by atoms with Crippen LogP contribution in [0.3, 0.4) is 0 Å². The molecule has 2 aromatic carbocycles. The number of fused-ring (bicyclic) bond motifs is 1. The number of amides is 1. The van der Waals surface area contributed by atoms with Crippen molar-refractivity contribution in [2.45, 2.75) is 31.5 Å². The Morgan fingerprint density at radius 1 is 1.07 bits per heavy atom. The van der Waals surface area contributed by atoms with Crippen molar-refractivity contribution in [3.05, 3.63) is 77.7 Å². The van der Waals surface area contributed by atoms with Crippen LogP contribution >= 0.6 is 0 Å². The zero-order valence-electron chi connectivity index (χ0n) is 14.8. The molecule has 0 saturated heterocycles. The molecule has 0 bridgehead atoms. The van der Waals surface area contributed by atoms with Crippen LogP contribution < -0.4 is 5.32 Å². The quantitative estimate of drug-likeness (QED) is 0.598. The molecule has 1 atom stereocenters. The van der Waals surface area contributed by atoms with Crippen molar-refractivity contribution in [2.24, 2.45) is 0 Å². The number of hydrogen-bond donors (Lipinski definition) is 1. The Kier molecular flexibility index (Phi) is 5.92. The topological polar surface area (TPSA) is 42.0 Å². The third kappa shape index (κ3) is 5.28. The van der Waals surface area contributed by atoms with Gasteiger partial charge in [0.05, 0.1) is 5.56 Å². The van der Waals surface area contributed by atoms with Crippen molar-refractivity contribution >= 4 is 16.8 Å². The molecule has 1 amide bonds. The van der Waals surface area contributed by atoms with E-state index in [-0.39, 0.29) is 23.9 Å². The molecule has 1 N–H and O–H groups in total. The van der Waals surface area contributed by atoms with Gasteiger partial charge in [0.2, 0.25) is 0 Å². The Morgan fingerprint density at radius 2 is 1.82 bits per heavy atom. The third-order valence-electron chi connectivity index (χ3n) is 4.36. The standard InChI is InChI=1S/C21H18F4N2O/c22-18-8-4-7-15-12-16(13-26-19(15)18)20(28)27-17(9-10-21(23,24)25)11-14-5-2-1-3-6-14/h1-8,12-13,17H,9-11H2,(H,27,28). The Hall–Kier alpha value is -2.96. The van der Waals surface area contributed by atoms with Gasteiger partial charge in [-0.25, -0.2) is 4.39 Å². The van der Waals surface area contributed by atoms with Crippen LogP contribution in [0, 0.1) is 5.82 Å². The van der Waals surface area contributed by atoms with E-state index in [0.717, 1.165) is 5.56 Å². The van der Waals surface area contributed by atoms with Gasteiger partial charge in [-0.15, -0.1) is 0 Å². The summed E-state index contributed by atoms with van der Waals surface area (Å²) in [5.41, 5.74) is 1.13. The summed E-state index contributed by atoms with van der Waals surface area (Å²) in [6.07, 6.45) is -4.03. The van der Waals surface area contributed by atoms with Gasteiger partial charge in [-0.05, 0) is 30.5 Å². The molecule has 146 valence electrons. The Labute approximate surface area is 159 Å². The van der Waals surface area contributed by atoms with Crippen molar-refractivity contribution in [3.8, 4) is 0 Å². The second-order valence-corrected chi connectivity index (χ2v) is 6.55. The van der Waals surface area contributed by atoms with Crippen LogP contribution in [0.2, 0.25) is 0 Å². The lowest BCUT2D eigenvalue weighted by Gasteiger charge is -2.20. The zero-order chi connectivity index (χ0) is 20.1. The SMILES string of the molecule is O=C(NC(CCC(F)(F)F)Cc1ccccc1)c1cnc2c(F)cccc2c1. The maximum Gasteiger partial charge on any atom is 0.389 e. The third-order valence-corrected chi connectivity index (χ3v) is 4.36. The molecule has 1 heterocycles. The van der Waals surface area contributed by atoms with Gasteiger partial charge in [0, 0.05) is 24.0 Å². The van der Waals surface area contributed by atoms with E-state index in [1.165, 1.54) is 24.4 Å². The van der Waals surface area contributed by atoms with E-state index in [0.29, 0.717) is 5.39 Å². The normalized spacial score (nSPS) is 12.7. The second kappa shape index (κ2) is 8.37. The number of benzene rings is 2. The summed E-state index contributed by atoms with van der Waals surface area (Å²) < 4.78 is 51.7. The fraction of sp³-hybridized carbons (Fsp3) is 0.238. The van der Waals surface area contributed by atoms with Crippen LogP contribution in [0.5, 0.6) is 0 Å². The fourth-order valence-electron chi connectivity index (χ4n) is 2.98. The predicted molar refractivity (Wildman–Crippen MR) is 98.4 cm³/mol. The largest absolute Gasteiger partial charge is 0.389 e. The maximum absolute atomic E-state index is 13.7. The number of rotatable bonds is 6. The molecule has 0 aliphatic rings. The van der Waals surface area contributed by atoms with Crippen molar-refractivity contribution in [1.82, 2.24) is 10.3 Å². The van der Waals surface area contributed by atoms with E-state index in [2.05, 4.69) is 10.3 Å². The number of carbonyl (C=O) groups is 1. The van der Waals surface area contributed by atoms with Crippen molar-refractivity contribution in [1.29, 1.82) is 0 Å². The molecule has 0 saturated carbocycles. The molecule has 0 aliphatic carbocycles. The van der Waals surface area contributed by atoms with E-state index in [1.807, 2.05) is 6.07 Å². The first-order valence-electron chi connectivity index (χ1n) is 8.77. The van der Waals surface area contributed by atoms with Gasteiger partial charge in [-0.1, -0.05) is 42.5 Å². The molecule has 28 heavy (non-hydrogen) atoms. The van der Waals surface area contributed by atoms with Crippen LogP contribution in [-0.2, 0) is 6.42 Å². The molecular formula is C21H18F4N2O. The zero-order valence-corrected chi connectivity index (χ0v) is 14.8. The molecule has 1 aromatic heterocycles. The smallest absolute Gasteiger partial charge is 0.349 e. The molecule has 3 rings (SSSR count). The summed E-state index contributed by atoms with van der Waals surface area (Å²) >= 11 is 0. The highest BCUT2D eigenvalue weighted by Gasteiger charge is 2.29. The van der Waals surface area contributed by atoms with Crippen LogP contribution in [0.25, 0.3) is 10.9 Å². The lowest BCUT2D eigenvalue weighted by atomic mass is 10.0. The van der Waals surface area contributed by atoms with Gasteiger partial charge in [0.1, 0.15) is 11.3 Å². The number of hydrogen-bond acceptors (Lipinski definition) is 2. The van der Waals surface area contributed by atoms with Gasteiger partial charge in [-0.3, -0.25) is 9.78 Å². The minimum Gasteiger partial charge on any atom is -0.349 e. The van der Waals surface area contributed by atoms with Crippen LogP contribution in [0.4, 0.5) is 17.6 Å². The minimum absolute atomic E-state index is 0.136. The van der Waals surface area contributed by atoms with E-state index in [9.17, 15) is 22.4 Å². The molecule has 3 aromatic rings. The number of halogens is 4. The lowest BCUT2D eigenvalue weighted by molar-refractivity contribution is -0.136. The first-order valence-corrected chi connectivity index (χ1v) is 8.77.